The molecule has 1 aliphatic carbocycles. The maximum absolute atomic E-state index is 11.0. The van der Waals surface area contributed by atoms with Crippen LogP contribution in [0.3, 0.4) is 0 Å². The second-order valence-electron chi connectivity index (χ2n) is 7.03. The molecule has 2 heteroatoms. The highest BCUT2D eigenvalue weighted by Crippen LogP contribution is 2.40. The molecule has 0 heterocycles. The number of hydrogen-bond acceptors (Lipinski definition) is 1. The molecular formula is C20H30OSi. The molecule has 1 rings (SSSR count). The van der Waals surface area contributed by atoms with Crippen LogP contribution in [0.2, 0.25) is 0 Å². The standard InChI is InChI=1S/C20H30OSi/c1-15(8-6-9-16(2)14-19(21)22)11-12-18-17(3)10-7-13-20(18,4)5/h6,8-9,11-12,14H,7,10,13H2,1-5,22H3/b9-6+,12-11+,15-8+,16-14+. The summed E-state index contributed by atoms with van der Waals surface area (Å²) in [7, 11) is 0.589. The van der Waals surface area contributed by atoms with Crippen molar-refractivity contribution in [1.29, 1.82) is 0 Å². The number of carbonyl (C=O) groups excluding carboxylic acids is 1. The molecule has 0 aliphatic heterocycles. The molecule has 0 saturated carbocycles. The molecule has 0 aromatic heterocycles. The number of carbonyl (C=O) groups is 1. The zero-order valence-electron chi connectivity index (χ0n) is 15.0. The normalized spacial score (nSPS) is 20.4. The fraction of sp³-hybridized carbons (Fsp3) is 0.450. The van der Waals surface area contributed by atoms with Crippen LogP contribution in [0, 0.1) is 5.41 Å². The van der Waals surface area contributed by atoms with E-state index in [0.717, 1.165) is 5.57 Å². The van der Waals surface area contributed by atoms with Gasteiger partial charge in [0.15, 0.2) is 0 Å². The van der Waals surface area contributed by atoms with Crippen molar-refractivity contribution in [1.82, 2.24) is 0 Å². The van der Waals surface area contributed by atoms with E-state index >= 15 is 0 Å². The second kappa shape index (κ2) is 8.28. The highest BCUT2D eigenvalue weighted by atomic mass is 28.1. The van der Waals surface area contributed by atoms with Gasteiger partial charge in [-0.3, -0.25) is 0 Å². The van der Waals surface area contributed by atoms with Gasteiger partial charge >= 0.3 is 0 Å². The molecular weight excluding hydrogens is 284 g/mol. The fourth-order valence-electron chi connectivity index (χ4n) is 3.00. The molecule has 1 nitrogen and oxygen atoms in total. The Labute approximate surface area is 139 Å². The van der Waals surface area contributed by atoms with Crippen LogP contribution in [0.1, 0.15) is 53.9 Å². The van der Waals surface area contributed by atoms with Gasteiger partial charge < -0.3 is 4.79 Å². The van der Waals surface area contributed by atoms with Gasteiger partial charge in [0.1, 0.15) is 5.41 Å². The Hall–Kier alpha value is -1.41. The van der Waals surface area contributed by atoms with Crippen molar-refractivity contribution in [3.05, 3.63) is 58.7 Å². The molecule has 0 N–H and O–H groups in total. The Kier molecular flexibility index (Phi) is 7.01. The first-order valence-electron chi connectivity index (χ1n) is 8.14. The third kappa shape index (κ3) is 6.14. The summed E-state index contributed by atoms with van der Waals surface area (Å²) >= 11 is 0. The quantitative estimate of drug-likeness (QED) is 0.417. The third-order valence-corrected chi connectivity index (χ3v) is 4.49. The predicted molar refractivity (Wildman–Crippen MR) is 101 cm³/mol. The Morgan fingerprint density at radius 2 is 1.86 bits per heavy atom. The van der Waals surface area contributed by atoms with E-state index < -0.39 is 0 Å². The van der Waals surface area contributed by atoms with Crippen molar-refractivity contribution in [2.24, 2.45) is 5.41 Å². The summed E-state index contributed by atoms with van der Waals surface area (Å²) < 4.78 is 0. The van der Waals surface area contributed by atoms with E-state index in [1.807, 2.05) is 19.1 Å². The van der Waals surface area contributed by atoms with Crippen LogP contribution < -0.4 is 0 Å². The van der Waals surface area contributed by atoms with Gasteiger partial charge in [-0.1, -0.05) is 55.4 Å². The van der Waals surface area contributed by atoms with Crippen molar-refractivity contribution in [2.45, 2.75) is 53.9 Å². The van der Waals surface area contributed by atoms with Crippen molar-refractivity contribution in [3.63, 3.8) is 0 Å². The van der Waals surface area contributed by atoms with E-state index in [4.69, 9.17) is 0 Å². The lowest BCUT2D eigenvalue weighted by molar-refractivity contribution is -0.107. The molecule has 0 fully saturated rings. The highest BCUT2D eigenvalue weighted by Gasteiger charge is 2.26. The summed E-state index contributed by atoms with van der Waals surface area (Å²) in [5.74, 6) is 0. The largest absolute Gasteiger partial charge is 0.302 e. The summed E-state index contributed by atoms with van der Waals surface area (Å²) in [6.07, 6.45) is 16.1. The van der Waals surface area contributed by atoms with Crippen molar-refractivity contribution < 1.29 is 4.79 Å². The molecule has 0 radical (unpaired) electrons. The number of allylic oxidation sites excluding steroid dienone is 10. The molecule has 0 aromatic rings. The molecule has 0 unspecified atom stereocenters. The molecule has 0 atom stereocenters. The average Bonchev–Trinajstić information content (AvgIpc) is 2.36. The van der Waals surface area contributed by atoms with Gasteiger partial charge in [-0.05, 0) is 62.7 Å². The number of rotatable bonds is 5. The molecule has 0 aromatic carbocycles. The van der Waals surface area contributed by atoms with Crippen LogP contribution >= 0.6 is 0 Å². The maximum atomic E-state index is 11.0. The predicted octanol–water partition coefficient (Wildman–Crippen LogP) is 4.41. The molecule has 0 bridgehead atoms. The Balaban J connectivity index is 2.79. The lowest BCUT2D eigenvalue weighted by atomic mass is 9.72. The van der Waals surface area contributed by atoms with E-state index in [1.165, 1.54) is 36.0 Å². The van der Waals surface area contributed by atoms with Crippen molar-refractivity contribution in [2.75, 3.05) is 0 Å². The highest BCUT2D eigenvalue weighted by molar-refractivity contribution is 6.61. The monoisotopic (exact) mass is 314 g/mol. The summed E-state index contributed by atoms with van der Waals surface area (Å²) in [6, 6.07) is 0. The minimum atomic E-state index is 0.227. The third-order valence-electron chi connectivity index (χ3n) is 4.20. The van der Waals surface area contributed by atoms with Gasteiger partial charge in [-0.2, -0.15) is 0 Å². The van der Waals surface area contributed by atoms with Crippen LogP contribution in [-0.4, -0.2) is 15.6 Å². The first-order chi connectivity index (χ1) is 10.2. The molecule has 120 valence electrons. The molecule has 0 saturated heterocycles. The zero-order chi connectivity index (χ0) is 16.8. The summed E-state index contributed by atoms with van der Waals surface area (Å²) in [5, 5.41) is 0.227. The summed E-state index contributed by atoms with van der Waals surface area (Å²) in [6.45, 7) is 11.0. The lowest BCUT2D eigenvalue weighted by Crippen LogP contribution is -2.19. The lowest BCUT2D eigenvalue weighted by Gasteiger charge is -2.32. The van der Waals surface area contributed by atoms with E-state index in [1.54, 1.807) is 6.08 Å². The Morgan fingerprint density at radius 1 is 1.18 bits per heavy atom. The fourth-order valence-corrected chi connectivity index (χ4v) is 3.46. The van der Waals surface area contributed by atoms with Gasteiger partial charge in [0.2, 0.25) is 0 Å². The van der Waals surface area contributed by atoms with E-state index in [2.05, 4.69) is 45.9 Å². The molecule has 1 aliphatic rings. The topological polar surface area (TPSA) is 17.1 Å². The number of hydrogen-bond donors (Lipinski definition) is 0. The van der Waals surface area contributed by atoms with Gasteiger partial charge in [0, 0.05) is 0 Å². The Bertz CT molecular complexity index is 569. The minimum Gasteiger partial charge on any atom is -0.302 e. The SMILES string of the molecule is CC1=C(/C=C/C(C)=C/C=C/C(C)=C/C(=O)[SiH3])C(C)(C)CCC1. The van der Waals surface area contributed by atoms with Crippen LogP contribution in [0.25, 0.3) is 0 Å². The summed E-state index contributed by atoms with van der Waals surface area (Å²) in [4.78, 5) is 11.0. The first-order valence-corrected chi connectivity index (χ1v) is 9.14. The van der Waals surface area contributed by atoms with E-state index in [9.17, 15) is 4.79 Å². The summed E-state index contributed by atoms with van der Waals surface area (Å²) in [5.41, 5.74) is 5.55. The zero-order valence-corrected chi connectivity index (χ0v) is 17.0. The van der Waals surface area contributed by atoms with Gasteiger partial charge in [-0.15, -0.1) is 0 Å². The van der Waals surface area contributed by atoms with Crippen LogP contribution in [-0.2, 0) is 4.79 Å². The van der Waals surface area contributed by atoms with E-state index in [-0.39, 0.29) is 5.41 Å². The Morgan fingerprint density at radius 3 is 2.45 bits per heavy atom. The first kappa shape index (κ1) is 18.6. The smallest absolute Gasteiger partial charge is 0.122 e. The average molecular weight is 315 g/mol. The van der Waals surface area contributed by atoms with E-state index in [0.29, 0.717) is 15.7 Å². The van der Waals surface area contributed by atoms with Crippen molar-refractivity contribution >= 4 is 15.6 Å². The minimum absolute atomic E-state index is 0.227. The molecule has 22 heavy (non-hydrogen) atoms. The molecule has 0 amide bonds. The second-order valence-corrected chi connectivity index (χ2v) is 8.02. The van der Waals surface area contributed by atoms with Crippen LogP contribution in [0.15, 0.2) is 58.7 Å². The van der Waals surface area contributed by atoms with Gasteiger partial charge in [0.05, 0.1) is 10.2 Å². The van der Waals surface area contributed by atoms with Crippen molar-refractivity contribution in [3.8, 4) is 0 Å². The van der Waals surface area contributed by atoms with Crippen LogP contribution in [0.5, 0.6) is 0 Å². The van der Waals surface area contributed by atoms with Crippen LogP contribution in [0.4, 0.5) is 0 Å². The maximum Gasteiger partial charge on any atom is 0.122 e. The van der Waals surface area contributed by atoms with Gasteiger partial charge in [-0.25, -0.2) is 0 Å². The van der Waals surface area contributed by atoms with Gasteiger partial charge in [0.25, 0.3) is 0 Å². The molecule has 0 spiro atoms.